The lowest BCUT2D eigenvalue weighted by Crippen LogP contribution is -2.02. The third-order valence-electron chi connectivity index (χ3n) is 3.29. The van der Waals surface area contributed by atoms with Crippen LogP contribution in [0.15, 0.2) is 45.3 Å². The summed E-state index contributed by atoms with van der Waals surface area (Å²) in [7, 11) is 0. The van der Waals surface area contributed by atoms with Crippen molar-refractivity contribution in [2.75, 3.05) is 5.88 Å². The van der Waals surface area contributed by atoms with Crippen molar-refractivity contribution in [1.82, 2.24) is 9.55 Å². The molecule has 0 radical (unpaired) electrons. The Morgan fingerprint density at radius 3 is 2.62 bits per heavy atom. The first-order valence-electron chi connectivity index (χ1n) is 6.59. The second-order valence-corrected chi connectivity index (χ2v) is 7.13. The van der Waals surface area contributed by atoms with Crippen LogP contribution in [0.1, 0.15) is 11.4 Å². The molecule has 1 heterocycles. The monoisotopic (exact) mass is 426 g/mol. The van der Waals surface area contributed by atoms with Crippen molar-refractivity contribution in [3.8, 4) is 5.69 Å². The summed E-state index contributed by atoms with van der Waals surface area (Å²) in [5, 5.41) is 0. The second kappa shape index (κ2) is 6.11. The zero-order valence-electron chi connectivity index (χ0n) is 11.4. The molecule has 0 atom stereocenters. The number of rotatable bonds is 3. The first-order chi connectivity index (χ1) is 10.1. The van der Waals surface area contributed by atoms with Crippen molar-refractivity contribution in [2.24, 2.45) is 0 Å². The van der Waals surface area contributed by atoms with E-state index in [-0.39, 0.29) is 0 Å². The molecule has 0 aliphatic rings. The Hall–Kier alpha value is -0.840. The van der Waals surface area contributed by atoms with Crippen molar-refractivity contribution >= 4 is 54.5 Å². The minimum Gasteiger partial charge on any atom is -0.296 e. The molecule has 0 saturated heterocycles. The molecule has 0 unspecified atom stereocenters. The van der Waals surface area contributed by atoms with Gasteiger partial charge in [0.25, 0.3) is 0 Å². The van der Waals surface area contributed by atoms with Gasteiger partial charge in [-0.3, -0.25) is 4.57 Å². The molecule has 2 nitrogen and oxygen atoms in total. The first-order valence-corrected chi connectivity index (χ1v) is 8.71. The van der Waals surface area contributed by atoms with E-state index in [4.69, 9.17) is 16.6 Å². The van der Waals surface area contributed by atoms with E-state index in [0.717, 1.165) is 37.9 Å². The number of benzene rings is 2. The van der Waals surface area contributed by atoms with Gasteiger partial charge in [-0.25, -0.2) is 4.98 Å². The summed E-state index contributed by atoms with van der Waals surface area (Å²) >= 11 is 13.1. The van der Waals surface area contributed by atoms with Crippen molar-refractivity contribution in [3.63, 3.8) is 0 Å². The number of alkyl halides is 1. The molecular formula is C16H13Br2ClN2. The average molecular weight is 429 g/mol. The molecule has 5 heteroatoms. The van der Waals surface area contributed by atoms with Crippen LogP contribution in [0.3, 0.4) is 0 Å². The van der Waals surface area contributed by atoms with Crippen LogP contribution >= 0.6 is 43.5 Å². The van der Waals surface area contributed by atoms with Crippen LogP contribution in [-0.4, -0.2) is 15.4 Å². The number of imidazole rings is 1. The molecule has 3 rings (SSSR count). The maximum Gasteiger partial charge on any atom is 0.115 e. The van der Waals surface area contributed by atoms with Gasteiger partial charge in [-0.05, 0) is 48.9 Å². The van der Waals surface area contributed by atoms with Gasteiger partial charge in [0.15, 0.2) is 0 Å². The predicted octanol–water partition coefficient (Wildman–Crippen LogP) is 5.64. The summed E-state index contributed by atoms with van der Waals surface area (Å²) in [6.07, 6.45) is 0.736. The maximum atomic E-state index is 5.95. The predicted molar refractivity (Wildman–Crippen MR) is 95.6 cm³/mol. The van der Waals surface area contributed by atoms with E-state index in [1.807, 2.05) is 12.1 Å². The number of hydrogen-bond acceptors (Lipinski definition) is 1. The van der Waals surface area contributed by atoms with E-state index in [0.29, 0.717) is 5.88 Å². The minimum absolute atomic E-state index is 0.553. The third-order valence-corrected chi connectivity index (χ3v) is 4.43. The number of halogens is 3. The Labute approximate surface area is 145 Å². The highest BCUT2D eigenvalue weighted by Crippen LogP contribution is 2.27. The molecule has 0 aliphatic heterocycles. The Morgan fingerprint density at radius 2 is 1.90 bits per heavy atom. The largest absolute Gasteiger partial charge is 0.296 e. The van der Waals surface area contributed by atoms with Crippen molar-refractivity contribution in [2.45, 2.75) is 13.3 Å². The molecule has 108 valence electrons. The van der Waals surface area contributed by atoms with Crippen LogP contribution < -0.4 is 0 Å². The quantitative estimate of drug-likeness (QED) is 0.494. The summed E-state index contributed by atoms with van der Waals surface area (Å²) in [6, 6.07) is 12.5. The molecule has 0 fully saturated rings. The van der Waals surface area contributed by atoms with Crippen LogP contribution in [0.4, 0.5) is 0 Å². The minimum atomic E-state index is 0.553. The van der Waals surface area contributed by atoms with Crippen LogP contribution in [0.25, 0.3) is 16.7 Å². The van der Waals surface area contributed by atoms with Gasteiger partial charge in [0.05, 0.1) is 11.0 Å². The highest BCUT2D eigenvalue weighted by atomic mass is 79.9. The lowest BCUT2D eigenvalue weighted by molar-refractivity contribution is 0.911. The maximum absolute atomic E-state index is 5.95. The van der Waals surface area contributed by atoms with Gasteiger partial charge in [0.2, 0.25) is 0 Å². The number of nitrogens with zero attached hydrogens (tertiary/aromatic N) is 2. The van der Waals surface area contributed by atoms with E-state index in [1.54, 1.807) is 0 Å². The van der Waals surface area contributed by atoms with E-state index >= 15 is 0 Å². The Morgan fingerprint density at radius 1 is 1.10 bits per heavy atom. The number of fused-ring (bicyclic) bond motifs is 1. The van der Waals surface area contributed by atoms with Crippen molar-refractivity contribution < 1.29 is 0 Å². The summed E-state index contributed by atoms with van der Waals surface area (Å²) in [4.78, 5) is 4.72. The Bertz CT molecular complexity index is 791. The van der Waals surface area contributed by atoms with E-state index in [2.05, 4.69) is 67.6 Å². The zero-order valence-corrected chi connectivity index (χ0v) is 15.3. The highest BCUT2D eigenvalue weighted by molar-refractivity contribution is 9.10. The van der Waals surface area contributed by atoms with E-state index < -0.39 is 0 Å². The van der Waals surface area contributed by atoms with Gasteiger partial charge < -0.3 is 0 Å². The molecule has 0 bridgehead atoms. The fourth-order valence-electron chi connectivity index (χ4n) is 2.48. The summed E-state index contributed by atoms with van der Waals surface area (Å²) in [5.41, 5.74) is 4.37. The standard InChI is InChI=1S/C16H13Br2ClN2/c1-10-6-12(18)8-13(7-10)21-15-9-11(17)2-3-14(15)20-16(21)4-5-19/h2-3,6-9H,4-5H2,1H3. The molecule has 2 aromatic carbocycles. The van der Waals surface area contributed by atoms with Gasteiger partial charge in [0, 0.05) is 26.9 Å². The molecule has 0 amide bonds. The molecule has 0 saturated carbocycles. The summed E-state index contributed by atoms with van der Waals surface area (Å²) in [6.45, 7) is 2.09. The molecule has 3 aromatic rings. The fraction of sp³-hybridized carbons (Fsp3) is 0.188. The topological polar surface area (TPSA) is 17.8 Å². The highest BCUT2D eigenvalue weighted by Gasteiger charge is 2.13. The smallest absolute Gasteiger partial charge is 0.115 e. The van der Waals surface area contributed by atoms with E-state index in [9.17, 15) is 0 Å². The first kappa shape index (κ1) is 15.1. The van der Waals surface area contributed by atoms with Crippen LogP contribution in [-0.2, 0) is 6.42 Å². The molecule has 0 aliphatic carbocycles. The van der Waals surface area contributed by atoms with Gasteiger partial charge >= 0.3 is 0 Å². The van der Waals surface area contributed by atoms with Crippen molar-refractivity contribution in [1.29, 1.82) is 0 Å². The van der Waals surface area contributed by atoms with Gasteiger partial charge in [0.1, 0.15) is 5.82 Å². The van der Waals surface area contributed by atoms with Crippen LogP contribution in [0.2, 0.25) is 0 Å². The second-order valence-electron chi connectivity index (χ2n) is 4.92. The zero-order chi connectivity index (χ0) is 15.0. The lowest BCUT2D eigenvalue weighted by atomic mass is 10.2. The van der Waals surface area contributed by atoms with Crippen molar-refractivity contribution in [3.05, 3.63) is 56.7 Å². The Kier molecular flexibility index (Phi) is 4.38. The fourth-order valence-corrected chi connectivity index (χ4v) is 3.60. The molecule has 1 aromatic heterocycles. The molecule has 0 spiro atoms. The number of hydrogen-bond donors (Lipinski definition) is 0. The average Bonchev–Trinajstić information content (AvgIpc) is 2.75. The van der Waals surface area contributed by atoms with E-state index in [1.165, 1.54) is 5.56 Å². The lowest BCUT2D eigenvalue weighted by Gasteiger charge is -2.10. The summed E-state index contributed by atoms with van der Waals surface area (Å²) in [5.74, 6) is 1.54. The normalized spacial score (nSPS) is 11.2. The van der Waals surface area contributed by atoms with Crippen LogP contribution in [0, 0.1) is 6.92 Å². The third kappa shape index (κ3) is 3.03. The number of aryl methyl sites for hydroxylation is 2. The number of aromatic nitrogens is 2. The van der Waals surface area contributed by atoms with Gasteiger partial charge in [-0.1, -0.05) is 31.9 Å². The van der Waals surface area contributed by atoms with Crippen LogP contribution in [0.5, 0.6) is 0 Å². The van der Waals surface area contributed by atoms with Gasteiger partial charge in [-0.15, -0.1) is 11.6 Å². The van der Waals surface area contributed by atoms with Gasteiger partial charge in [-0.2, -0.15) is 0 Å². The Balaban J connectivity index is 2.32. The molecular weight excluding hydrogens is 415 g/mol. The summed E-state index contributed by atoms with van der Waals surface area (Å²) < 4.78 is 4.28. The SMILES string of the molecule is Cc1cc(Br)cc(-n2c(CCCl)nc3ccc(Br)cc32)c1. The molecule has 0 N–H and O–H groups in total. The molecule has 21 heavy (non-hydrogen) atoms.